The predicted molar refractivity (Wildman–Crippen MR) is 162 cm³/mol. The summed E-state index contributed by atoms with van der Waals surface area (Å²) in [6, 6.07) is 17.7. The molecule has 38 heavy (non-hydrogen) atoms. The summed E-state index contributed by atoms with van der Waals surface area (Å²) >= 11 is 0. The number of hydrogen-bond acceptors (Lipinski definition) is 4. The molecule has 0 spiro atoms. The summed E-state index contributed by atoms with van der Waals surface area (Å²) in [7, 11) is 2.15. The summed E-state index contributed by atoms with van der Waals surface area (Å²) in [5.74, 6) is 0. The maximum atomic E-state index is 12.2. The van der Waals surface area contributed by atoms with Gasteiger partial charge in [0.25, 0.3) is 0 Å². The number of fused-ring (bicyclic) bond motifs is 1. The maximum absolute atomic E-state index is 12.2. The second-order valence-corrected chi connectivity index (χ2v) is 10.4. The number of para-hydroxylation sites is 1. The molecular weight excluding hydrogens is 468 g/mol. The number of anilines is 1. The second-order valence-electron chi connectivity index (χ2n) is 10.4. The van der Waals surface area contributed by atoms with E-state index in [9.17, 15) is 10.1 Å². The molecule has 4 heteroatoms. The first-order chi connectivity index (χ1) is 18.6. The Balaban J connectivity index is 1.39. The summed E-state index contributed by atoms with van der Waals surface area (Å²) < 4.78 is 5.29. The van der Waals surface area contributed by atoms with E-state index in [4.69, 9.17) is 4.42 Å². The van der Waals surface area contributed by atoms with Crippen molar-refractivity contribution in [2.45, 2.75) is 90.4 Å². The summed E-state index contributed by atoms with van der Waals surface area (Å²) in [6.07, 6.45) is 21.6. The first kappa shape index (κ1) is 29.2. The molecule has 2 aromatic carbocycles. The van der Waals surface area contributed by atoms with Gasteiger partial charge in [-0.05, 0) is 30.2 Å². The molecule has 0 aliphatic rings. The molecule has 3 rings (SSSR count). The highest BCUT2D eigenvalue weighted by Gasteiger charge is 2.11. The van der Waals surface area contributed by atoms with E-state index in [2.05, 4.69) is 43.1 Å². The van der Waals surface area contributed by atoms with Gasteiger partial charge in [-0.3, -0.25) is 0 Å². The molecule has 0 aliphatic heterocycles. The predicted octanol–water partition coefficient (Wildman–Crippen LogP) is 9.36. The van der Waals surface area contributed by atoms with E-state index < -0.39 is 5.63 Å². The molecule has 0 N–H and O–H groups in total. The second kappa shape index (κ2) is 16.5. The van der Waals surface area contributed by atoms with Crippen molar-refractivity contribution < 1.29 is 4.42 Å². The smallest absolute Gasteiger partial charge is 0.354 e. The monoisotopic (exact) mass is 512 g/mol. The van der Waals surface area contributed by atoms with Crippen molar-refractivity contribution in [3.63, 3.8) is 0 Å². The van der Waals surface area contributed by atoms with Crippen LogP contribution in [-0.2, 0) is 0 Å². The van der Waals surface area contributed by atoms with Crippen LogP contribution < -0.4 is 10.5 Å². The van der Waals surface area contributed by atoms with Crippen LogP contribution in [0.15, 0.2) is 57.7 Å². The molecule has 0 unspecified atom stereocenters. The van der Waals surface area contributed by atoms with E-state index >= 15 is 0 Å². The molecule has 0 aliphatic carbocycles. The molecule has 0 saturated carbocycles. The topological polar surface area (TPSA) is 57.2 Å². The minimum atomic E-state index is -0.601. The summed E-state index contributed by atoms with van der Waals surface area (Å²) in [6.45, 7) is 3.34. The van der Waals surface area contributed by atoms with Crippen LogP contribution in [-0.4, -0.2) is 13.6 Å². The summed E-state index contributed by atoms with van der Waals surface area (Å²) in [5, 5.41) is 10.3. The largest absolute Gasteiger partial charge is 0.422 e. The van der Waals surface area contributed by atoms with Gasteiger partial charge >= 0.3 is 5.63 Å². The normalized spacial score (nSPS) is 11.3. The molecule has 202 valence electrons. The Morgan fingerprint density at radius 2 is 1.37 bits per heavy atom. The fourth-order valence-corrected chi connectivity index (χ4v) is 4.97. The van der Waals surface area contributed by atoms with Crippen LogP contribution in [0.25, 0.3) is 23.1 Å². The van der Waals surface area contributed by atoms with E-state index in [0.717, 1.165) is 17.5 Å². The van der Waals surface area contributed by atoms with E-state index in [0.29, 0.717) is 11.1 Å². The molecule has 0 saturated heterocycles. The van der Waals surface area contributed by atoms with E-state index in [1.165, 1.54) is 89.2 Å². The van der Waals surface area contributed by atoms with E-state index in [1.54, 1.807) is 6.07 Å². The SMILES string of the molecule is CCCCCCCCCCCCCCCN(C)c1ccc(/C=C/c2c(C#N)c(=O)oc3ccccc23)cc1. The lowest BCUT2D eigenvalue weighted by Crippen LogP contribution is -2.18. The molecule has 3 aromatic rings. The van der Waals surface area contributed by atoms with Crippen molar-refractivity contribution in [3.8, 4) is 6.07 Å². The third-order valence-corrected chi connectivity index (χ3v) is 7.34. The van der Waals surface area contributed by atoms with Crippen LogP contribution in [0.3, 0.4) is 0 Å². The Hall–Kier alpha value is -3.32. The zero-order chi connectivity index (χ0) is 27.0. The molecule has 1 heterocycles. The van der Waals surface area contributed by atoms with Crippen LogP contribution >= 0.6 is 0 Å². The minimum absolute atomic E-state index is 0.0362. The molecule has 0 radical (unpaired) electrons. The maximum Gasteiger partial charge on any atom is 0.354 e. The van der Waals surface area contributed by atoms with Gasteiger partial charge in [0.15, 0.2) is 0 Å². The third kappa shape index (κ3) is 9.21. The molecular formula is C34H44N2O2. The molecule has 0 amide bonds. The number of hydrogen-bond donors (Lipinski definition) is 0. The average molecular weight is 513 g/mol. The van der Waals surface area contributed by atoms with Gasteiger partial charge in [0.1, 0.15) is 17.2 Å². The number of nitriles is 1. The van der Waals surface area contributed by atoms with Gasteiger partial charge in [0, 0.05) is 30.2 Å². The van der Waals surface area contributed by atoms with Crippen molar-refractivity contribution in [2.24, 2.45) is 0 Å². The summed E-state index contributed by atoms with van der Waals surface area (Å²) in [4.78, 5) is 14.5. The average Bonchev–Trinajstić information content (AvgIpc) is 2.94. The lowest BCUT2D eigenvalue weighted by molar-refractivity contribution is 0.539. The lowest BCUT2D eigenvalue weighted by atomic mass is 10.0. The number of unbranched alkanes of at least 4 members (excludes halogenated alkanes) is 12. The highest BCUT2D eigenvalue weighted by Crippen LogP contribution is 2.23. The molecule has 0 bridgehead atoms. The van der Waals surface area contributed by atoms with Crippen LogP contribution in [0, 0.1) is 11.3 Å². The van der Waals surface area contributed by atoms with E-state index in [-0.39, 0.29) is 5.56 Å². The standard InChI is InChI=1S/C34H44N2O2/c1-3-4-5-6-7-8-9-10-11-12-13-14-17-26-36(2)29-23-20-28(21-24-29)22-25-30-31-18-15-16-19-33(31)38-34(37)32(30)27-35/h15-16,18-25H,3-14,17,26H2,1-2H3/b25-22+. The fourth-order valence-electron chi connectivity index (χ4n) is 4.97. The van der Waals surface area contributed by atoms with Crippen molar-refractivity contribution in [1.29, 1.82) is 5.26 Å². The van der Waals surface area contributed by atoms with Crippen LogP contribution in [0.5, 0.6) is 0 Å². The van der Waals surface area contributed by atoms with Gasteiger partial charge in [0.05, 0.1) is 0 Å². The van der Waals surface area contributed by atoms with Gasteiger partial charge in [-0.1, -0.05) is 126 Å². The van der Waals surface area contributed by atoms with Crippen molar-refractivity contribution >= 4 is 28.8 Å². The van der Waals surface area contributed by atoms with Gasteiger partial charge in [0.2, 0.25) is 0 Å². The Labute approximate surface area is 229 Å². The minimum Gasteiger partial charge on any atom is -0.422 e. The number of rotatable bonds is 17. The number of benzene rings is 2. The lowest BCUT2D eigenvalue weighted by Gasteiger charge is -2.19. The highest BCUT2D eigenvalue weighted by atomic mass is 16.4. The van der Waals surface area contributed by atoms with Gasteiger partial charge in [-0.25, -0.2) is 4.79 Å². The number of nitrogens with zero attached hydrogens (tertiary/aromatic N) is 2. The third-order valence-electron chi connectivity index (χ3n) is 7.34. The Kier molecular flexibility index (Phi) is 12.7. The van der Waals surface area contributed by atoms with Crippen molar-refractivity contribution in [1.82, 2.24) is 0 Å². The first-order valence-corrected chi connectivity index (χ1v) is 14.6. The van der Waals surface area contributed by atoms with Crippen LogP contribution in [0.4, 0.5) is 5.69 Å². The Morgan fingerprint density at radius 3 is 1.97 bits per heavy atom. The van der Waals surface area contributed by atoms with E-state index in [1.807, 2.05) is 36.4 Å². The van der Waals surface area contributed by atoms with Crippen molar-refractivity contribution in [2.75, 3.05) is 18.5 Å². The van der Waals surface area contributed by atoms with Crippen LogP contribution in [0.2, 0.25) is 0 Å². The Bertz CT molecular complexity index is 1230. The van der Waals surface area contributed by atoms with Gasteiger partial charge in [-0.2, -0.15) is 5.26 Å². The zero-order valence-electron chi connectivity index (χ0n) is 23.4. The molecule has 1 aromatic heterocycles. The van der Waals surface area contributed by atoms with Crippen LogP contribution in [0.1, 0.15) is 107 Å². The molecule has 4 nitrogen and oxygen atoms in total. The van der Waals surface area contributed by atoms with Crippen molar-refractivity contribution in [3.05, 3.63) is 75.6 Å². The molecule has 0 fully saturated rings. The first-order valence-electron chi connectivity index (χ1n) is 14.6. The fraction of sp³-hybridized carbons (Fsp3) is 0.471. The quantitative estimate of drug-likeness (QED) is 0.133. The van der Waals surface area contributed by atoms with Gasteiger partial charge in [-0.15, -0.1) is 0 Å². The van der Waals surface area contributed by atoms with Gasteiger partial charge < -0.3 is 9.32 Å². The summed E-state index contributed by atoms with van der Waals surface area (Å²) in [5.41, 5.74) is 2.74. The molecule has 0 atom stereocenters. The Morgan fingerprint density at radius 1 is 0.789 bits per heavy atom. The highest BCUT2D eigenvalue weighted by molar-refractivity contribution is 5.91. The zero-order valence-corrected chi connectivity index (χ0v) is 23.4.